The topological polar surface area (TPSA) is 88.3 Å². The van der Waals surface area contributed by atoms with E-state index in [2.05, 4.69) is 10.3 Å². The molecule has 1 fully saturated rings. The van der Waals surface area contributed by atoms with Crippen molar-refractivity contribution in [3.63, 3.8) is 0 Å². The molecule has 1 aliphatic heterocycles. The summed E-state index contributed by atoms with van der Waals surface area (Å²) in [5.74, 6) is -0.906. The Morgan fingerprint density at radius 3 is 2.72 bits per heavy atom. The summed E-state index contributed by atoms with van der Waals surface area (Å²) in [6, 6.07) is 0.0404. The fourth-order valence-electron chi connectivity index (χ4n) is 1.84. The second-order valence-corrected chi connectivity index (χ2v) is 4.60. The monoisotopic (exact) mass is 252 g/mol. The molecular formula is C11H16N4O3. The highest BCUT2D eigenvalue weighted by Gasteiger charge is 2.34. The van der Waals surface area contributed by atoms with Crippen LogP contribution in [0.5, 0.6) is 0 Å². The summed E-state index contributed by atoms with van der Waals surface area (Å²) in [6.07, 6.45) is 2.23. The van der Waals surface area contributed by atoms with Crippen molar-refractivity contribution in [1.82, 2.24) is 19.9 Å². The number of aromatic carboxylic acids is 1. The van der Waals surface area contributed by atoms with Gasteiger partial charge in [-0.1, -0.05) is 19.1 Å². The van der Waals surface area contributed by atoms with Crippen LogP contribution in [0, 0.1) is 5.92 Å². The van der Waals surface area contributed by atoms with E-state index in [1.54, 1.807) is 4.90 Å². The molecule has 1 N–H and O–H groups in total. The predicted molar refractivity (Wildman–Crippen MR) is 62.1 cm³/mol. The van der Waals surface area contributed by atoms with Gasteiger partial charge in [0, 0.05) is 19.0 Å². The molecule has 1 aliphatic rings. The number of amides is 1. The maximum Gasteiger partial charge on any atom is 0.358 e. The highest BCUT2D eigenvalue weighted by atomic mass is 16.4. The van der Waals surface area contributed by atoms with Crippen LogP contribution in [0.2, 0.25) is 0 Å². The minimum Gasteiger partial charge on any atom is -0.476 e. The average molecular weight is 252 g/mol. The SMILES string of the molecule is CCC(C)C(=O)N1CC(n2cc(C(=O)O)nn2)C1. The molecule has 1 aromatic rings. The molecule has 1 unspecified atom stereocenters. The number of carbonyl (C=O) groups is 2. The van der Waals surface area contributed by atoms with E-state index in [1.165, 1.54) is 10.9 Å². The van der Waals surface area contributed by atoms with Gasteiger partial charge >= 0.3 is 5.97 Å². The zero-order valence-corrected chi connectivity index (χ0v) is 10.4. The number of carboxylic acid groups (broad SMARTS) is 1. The molecule has 0 aliphatic carbocycles. The van der Waals surface area contributed by atoms with Crippen LogP contribution in [-0.4, -0.2) is 50.0 Å². The number of rotatable bonds is 4. The van der Waals surface area contributed by atoms with Gasteiger partial charge in [-0.3, -0.25) is 4.79 Å². The fraction of sp³-hybridized carbons (Fsp3) is 0.636. The normalized spacial score (nSPS) is 17.3. The third kappa shape index (κ3) is 2.20. The molecule has 0 aromatic carbocycles. The lowest BCUT2D eigenvalue weighted by Crippen LogP contribution is -2.52. The summed E-state index contributed by atoms with van der Waals surface area (Å²) < 4.78 is 1.52. The molecule has 2 rings (SSSR count). The second kappa shape index (κ2) is 4.75. The van der Waals surface area contributed by atoms with E-state index in [9.17, 15) is 9.59 Å². The van der Waals surface area contributed by atoms with Crippen LogP contribution >= 0.6 is 0 Å². The van der Waals surface area contributed by atoms with Gasteiger partial charge in [0.25, 0.3) is 0 Å². The lowest BCUT2D eigenvalue weighted by Gasteiger charge is -2.40. The maximum atomic E-state index is 11.8. The summed E-state index contributed by atoms with van der Waals surface area (Å²) in [7, 11) is 0. The smallest absolute Gasteiger partial charge is 0.358 e. The molecule has 0 radical (unpaired) electrons. The first-order valence-corrected chi connectivity index (χ1v) is 5.96. The van der Waals surface area contributed by atoms with E-state index in [0.717, 1.165) is 6.42 Å². The Morgan fingerprint density at radius 2 is 2.22 bits per heavy atom. The maximum absolute atomic E-state index is 11.8. The Bertz CT molecular complexity index is 465. The summed E-state index contributed by atoms with van der Waals surface area (Å²) in [5, 5.41) is 16.1. The average Bonchev–Trinajstić information content (AvgIpc) is 2.75. The Labute approximate surface area is 104 Å². The van der Waals surface area contributed by atoms with E-state index < -0.39 is 5.97 Å². The van der Waals surface area contributed by atoms with Crippen LogP contribution in [0.15, 0.2) is 6.20 Å². The van der Waals surface area contributed by atoms with E-state index in [1.807, 2.05) is 13.8 Å². The molecule has 98 valence electrons. The second-order valence-electron chi connectivity index (χ2n) is 4.60. The van der Waals surface area contributed by atoms with Crippen molar-refractivity contribution in [1.29, 1.82) is 0 Å². The van der Waals surface area contributed by atoms with Crippen molar-refractivity contribution in [3.8, 4) is 0 Å². The van der Waals surface area contributed by atoms with Gasteiger partial charge in [0.2, 0.25) is 5.91 Å². The molecule has 1 atom stereocenters. The van der Waals surface area contributed by atoms with E-state index in [-0.39, 0.29) is 23.6 Å². The van der Waals surface area contributed by atoms with Crippen molar-refractivity contribution in [2.24, 2.45) is 5.92 Å². The molecule has 0 spiro atoms. The Hall–Kier alpha value is -1.92. The summed E-state index contributed by atoms with van der Waals surface area (Å²) in [4.78, 5) is 24.3. The Morgan fingerprint density at radius 1 is 1.56 bits per heavy atom. The van der Waals surface area contributed by atoms with Gasteiger partial charge in [-0.2, -0.15) is 0 Å². The lowest BCUT2D eigenvalue weighted by molar-refractivity contribution is -0.141. The van der Waals surface area contributed by atoms with Gasteiger partial charge in [0.1, 0.15) is 0 Å². The highest BCUT2D eigenvalue weighted by Crippen LogP contribution is 2.23. The Kier molecular flexibility index (Phi) is 3.31. The molecule has 7 nitrogen and oxygen atoms in total. The number of nitrogens with zero attached hydrogens (tertiary/aromatic N) is 4. The van der Waals surface area contributed by atoms with Crippen molar-refractivity contribution in [3.05, 3.63) is 11.9 Å². The number of hydrogen-bond acceptors (Lipinski definition) is 4. The van der Waals surface area contributed by atoms with Gasteiger partial charge in [-0.15, -0.1) is 5.10 Å². The van der Waals surface area contributed by atoms with E-state index in [4.69, 9.17) is 5.11 Å². The van der Waals surface area contributed by atoms with Crippen LogP contribution in [0.25, 0.3) is 0 Å². The number of carboxylic acids is 1. The molecule has 7 heteroatoms. The largest absolute Gasteiger partial charge is 0.476 e. The number of carbonyl (C=O) groups excluding carboxylic acids is 1. The number of likely N-dealkylation sites (tertiary alicyclic amines) is 1. The lowest BCUT2D eigenvalue weighted by atomic mass is 10.0. The molecule has 2 heterocycles. The van der Waals surface area contributed by atoms with Crippen LogP contribution in [-0.2, 0) is 4.79 Å². The first kappa shape index (κ1) is 12.5. The highest BCUT2D eigenvalue weighted by molar-refractivity contribution is 5.84. The van der Waals surface area contributed by atoms with Crippen LogP contribution in [0.1, 0.15) is 36.8 Å². The van der Waals surface area contributed by atoms with Crippen molar-refractivity contribution < 1.29 is 14.7 Å². The van der Waals surface area contributed by atoms with E-state index in [0.29, 0.717) is 13.1 Å². The van der Waals surface area contributed by atoms with Gasteiger partial charge < -0.3 is 10.0 Å². The van der Waals surface area contributed by atoms with Crippen molar-refractivity contribution in [2.75, 3.05) is 13.1 Å². The zero-order valence-electron chi connectivity index (χ0n) is 10.4. The van der Waals surface area contributed by atoms with Crippen LogP contribution in [0.3, 0.4) is 0 Å². The molecule has 0 bridgehead atoms. The number of hydrogen-bond donors (Lipinski definition) is 1. The first-order chi connectivity index (χ1) is 8.52. The molecular weight excluding hydrogens is 236 g/mol. The molecule has 0 saturated carbocycles. The standard InChI is InChI=1S/C11H16N4O3/c1-3-7(2)10(16)14-4-8(5-14)15-6-9(11(17)18)12-13-15/h6-8H,3-5H2,1-2H3,(H,17,18). The van der Waals surface area contributed by atoms with E-state index >= 15 is 0 Å². The minimum atomic E-state index is -1.09. The third-order valence-corrected chi connectivity index (χ3v) is 3.31. The Balaban J connectivity index is 1.92. The predicted octanol–water partition coefficient (Wildman–Crippen LogP) is 0.406. The minimum absolute atomic E-state index is 0.0382. The molecule has 1 aromatic heterocycles. The van der Waals surface area contributed by atoms with Crippen molar-refractivity contribution >= 4 is 11.9 Å². The fourth-order valence-corrected chi connectivity index (χ4v) is 1.84. The van der Waals surface area contributed by atoms with Crippen LogP contribution in [0.4, 0.5) is 0 Å². The number of aromatic nitrogens is 3. The van der Waals surface area contributed by atoms with Gasteiger partial charge in [0.05, 0.1) is 12.2 Å². The summed E-state index contributed by atoms with van der Waals surface area (Å²) in [6.45, 7) is 5.04. The molecule has 18 heavy (non-hydrogen) atoms. The molecule has 1 amide bonds. The van der Waals surface area contributed by atoms with Gasteiger partial charge in [-0.05, 0) is 6.42 Å². The van der Waals surface area contributed by atoms with Gasteiger partial charge in [-0.25, -0.2) is 9.48 Å². The molecule has 1 saturated heterocycles. The van der Waals surface area contributed by atoms with Crippen LogP contribution < -0.4 is 0 Å². The first-order valence-electron chi connectivity index (χ1n) is 5.96. The third-order valence-electron chi connectivity index (χ3n) is 3.31. The summed E-state index contributed by atoms with van der Waals surface area (Å²) in [5.41, 5.74) is -0.0679. The summed E-state index contributed by atoms with van der Waals surface area (Å²) >= 11 is 0. The quantitative estimate of drug-likeness (QED) is 0.838. The zero-order chi connectivity index (χ0) is 13.3. The van der Waals surface area contributed by atoms with Gasteiger partial charge in [0.15, 0.2) is 5.69 Å². The van der Waals surface area contributed by atoms with Crippen molar-refractivity contribution in [2.45, 2.75) is 26.3 Å².